The summed E-state index contributed by atoms with van der Waals surface area (Å²) >= 11 is 0. The molecule has 9 nitrogen and oxygen atoms in total. The lowest BCUT2D eigenvalue weighted by Gasteiger charge is -2.61. The zero-order valence-electron chi connectivity index (χ0n) is 23.4. The van der Waals surface area contributed by atoms with Crippen LogP contribution in [0.2, 0.25) is 0 Å². The van der Waals surface area contributed by atoms with Crippen LogP contribution < -0.4 is 0 Å². The topological polar surface area (TPSA) is 129 Å². The van der Waals surface area contributed by atoms with Crippen LogP contribution >= 0.6 is 0 Å². The van der Waals surface area contributed by atoms with Gasteiger partial charge in [0.15, 0.2) is 0 Å². The maximum Gasteiger partial charge on any atom is 0.309 e. The smallest absolute Gasteiger partial charge is 0.309 e. The number of aliphatic hydroxyl groups excluding tert-OH is 2. The van der Waals surface area contributed by atoms with E-state index >= 15 is 0 Å². The van der Waals surface area contributed by atoms with Crippen LogP contribution in [0.1, 0.15) is 67.7 Å². The van der Waals surface area contributed by atoms with Gasteiger partial charge < -0.3 is 24.4 Å². The number of ether oxygens (including phenoxy) is 4. The van der Waals surface area contributed by atoms with Crippen molar-refractivity contribution in [1.82, 2.24) is 0 Å². The minimum atomic E-state index is -1.44. The molecule has 10 unspecified atom stereocenters. The molecule has 1 saturated carbocycles. The standard InChI is InChI=1S/C29H42O9/c1-9-15(3)11-12-28(8)17(5)23(32)24(33)29-21(26(35-18(6)30)38-27(29)36-19(7)31)13-20(14-22(28)29)37-25(34)16(4)10-2/h9,11,13,16-17,20,22-24,26-27,32-33H,1,10,12,14H2,2-8H3. The average molecular weight is 535 g/mol. The zero-order valence-corrected chi connectivity index (χ0v) is 23.4. The molecule has 10 atom stereocenters. The molecule has 2 N–H and O–H groups in total. The summed E-state index contributed by atoms with van der Waals surface area (Å²) in [5.74, 6) is -2.89. The quantitative estimate of drug-likeness (QED) is 0.208. The highest BCUT2D eigenvalue weighted by molar-refractivity contribution is 5.72. The van der Waals surface area contributed by atoms with Gasteiger partial charge in [-0.2, -0.15) is 0 Å². The van der Waals surface area contributed by atoms with Gasteiger partial charge in [-0.05, 0) is 49.5 Å². The van der Waals surface area contributed by atoms with Crippen LogP contribution in [0.25, 0.3) is 0 Å². The van der Waals surface area contributed by atoms with E-state index in [2.05, 4.69) is 6.58 Å². The molecule has 212 valence electrons. The molecule has 0 aromatic rings. The number of allylic oxidation sites excluding steroid dienone is 3. The van der Waals surface area contributed by atoms with Gasteiger partial charge in [-0.15, -0.1) is 0 Å². The number of hydrogen-bond donors (Lipinski definition) is 2. The first kappa shape index (κ1) is 30.1. The first-order valence-corrected chi connectivity index (χ1v) is 13.3. The van der Waals surface area contributed by atoms with Crippen LogP contribution in [0.15, 0.2) is 36.0 Å². The van der Waals surface area contributed by atoms with Crippen LogP contribution in [0, 0.1) is 28.6 Å². The summed E-state index contributed by atoms with van der Waals surface area (Å²) in [4.78, 5) is 37.0. The summed E-state index contributed by atoms with van der Waals surface area (Å²) in [6.45, 7) is 15.8. The van der Waals surface area contributed by atoms with E-state index in [0.717, 1.165) is 5.57 Å². The second kappa shape index (κ2) is 11.3. The van der Waals surface area contributed by atoms with Gasteiger partial charge in [0, 0.05) is 19.4 Å². The van der Waals surface area contributed by atoms with E-state index in [9.17, 15) is 24.6 Å². The van der Waals surface area contributed by atoms with E-state index in [0.29, 0.717) is 18.4 Å². The average Bonchev–Trinajstić information content (AvgIpc) is 3.15. The van der Waals surface area contributed by atoms with Gasteiger partial charge >= 0.3 is 17.9 Å². The Bertz CT molecular complexity index is 1020. The summed E-state index contributed by atoms with van der Waals surface area (Å²) < 4.78 is 23.0. The lowest BCUT2D eigenvalue weighted by atomic mass is 9.44. The van der Waals surface area contributed by atoms with Crippen LogP contribution in [0.3, 0.4) is 0 Å². The molecule has 0 amide bonds. The van der Waals surface area contributed by atoms with Crippen molar-refractivity contribution in [1.29, 1.82) is 0 Å². The van der Waals surface area contributed by atoms with Gasteiger partial charge in [0.1, 0.15) is 6.10 Å². The minimum absolute atomic E-state index is 0.283. The number of carbonyl (C=O) groups is 3. The summed E-state index contributed by atoms with van der Waals surface area (Å²) in [6, 6.07) is 0. The summed E-state index contributed by atoms with van der Waals surface area (Å²) in [5, 5.41) is 23.2. The van der Waals surface area contributed by atoms with E-state index in [1.165, 1.54) is 13.8 Å². The fourth-order valence-electron chi connectivity index (χ4n) is 6.34. The molecule has 0 aromatic carbocycles. The number of rotatable bonds is 8. The lowest BCUT2D eigenvalue weighted by molar-refractivity contribution is -0.273. The molecule has 3 rings (SSSR count). The molecular weight excluding hydrogens is 492 g/mol. The van der Waals surface area contributed by atoms with Gasteiger partial charge in [0.2, 0.25) is 12.6 Å². The third kappa shape index (κ3) is 5.08. The largest absolute Gasteiger partial charge is 0.458 e. The first-order chi connectivity index (χ1) is 17.7. The molecule has 0 radical (unpaired) electrons. The third-order valence-electron chi connectivity index (χ3n) is 8.98. The Morgan fingerprint density at radius 2 is 1.82 bits per heavy atom. The Hall–Kier alpha value is -2.49. The second-order valence-electron chi connectivity index (χ2n) is 11.2. The number of hydrogen-bond acceptors (Lipinski definition) is 9. The molecule has 1 saturated heterocycles. The Morgan fingerprint density at radius 1 is 1.18 bits per heavy atom. The fourth-order valence-corrected chi connectivity index (χ4v) is 6.34. The Kier molecular flexibility index (Phi) is 8.95. The molecular formula is C29H42O9. The Balaban J connectivity index is 2.26. The van der Waals surface area contributed by atoms with Gasteiger partial charge in [0.25, 0.3) is 0 Å². The number of aliphatic hydroxyl groups is 2. The molecule has 38 heavy (non-hydrogen) atoms. The normalized spacial score (nSPS) is 39.2. The van der Waals surface area contributed by atoms with E-state index in [4.69, 9.17) is 18.9 Å². The zero-order chi connectivity index (χ0) is 28.6. The summed E-state index contributed by atoms with van der Waals surface area (Å²) in [7, 11) is 0. The van der Waals surface area contributed by atoms with E-state index in [-0.39, 0.29) is 18.3 Å². The Morgan fingerprint density at radius 3 is 2.37 bits per heavy atom. The van der Waals surface area contributed by atoms with Crippen molar-refractivity contribution in [3.63, 3.8) is 0 Å². The van der Waals surface area contributed by atoms with Crippen molar-refractivity contribution >= 4 is 17.9 Å². The van der Waals surface area contributed by atoms with Gasteiger partial charge in [0.05, 0.1) is 23.5 Å². The predicted octanol–water partition coefficient (Wildman–Crippen LogP) is 3.59. The minimum Gasteiger partial charge on any atom is -0.458 e. The van der Waals surface area contributed by atoms with Crippen LogP contribution in [-0.4, -0.2) is 59.0 Å². The van der Waals surface area contributed by atoms with E-state index in [1.807, 2.05) is 33.8 Å². The van der Waals surface area contributed by atoms with Crippen LogP contribution in [-0.2, 0) is 33.3 Å². The lowest BCUT2D eigenvalue weighted by Crippen LogP contribution is -2.68. The molecule has 1 aliphatic heterocycles. The summed E-state index contributed by atoms with van der Waals surface area (Å²) in [6.07, 6.45) is 0.786. The second-order valence-corrected chi connectivity index (χ2v) is 11.2. The predicted molar refractivity (Wildman–Crippen MR) is 138 cm³/mol. The maximum absolute atomic E-state index is 12.8. The molecule has 0 bridgehead atoms. The SMILES string of the molecule is C=CC(C)=CCC1(C)C(C)C(O)C(O)C23C(=CC(OC(=O)C(C)CC)CC12)C(OC(C)=O)OC3OC(C)=O. The van der Waals surface area contributed by atoms with Crippen molar-refractivity contribution in [2.45, 2.75) is 98.6 Å². The Labute approximate surface area is 224 Å². The highest BCUT2D eigenvalue weighted by Gasteiger charge is 2.73. The van der Waals surface area contributed by atoms with Crippen molar-refractivity contribution in [3.8, 4) is 0 Å². The molecule has 1 heterocycles. The van der Waals surface area contributed by atoms with Crippen molar-refractivity contribution < 1.29 is 43.5 Å². The maximum atomic E-state index is 12.8. The first-order valence-electron chi connectivity index (χ1n) is 13.3. The van der Waals surface area contributed by atoms with E-state index < -0.39 is 65.5 Å². The molecule has 0 aromatic heterocycles. The molecule has 2 fully saturated rings. The molecule has 2 aliphatic carbocycles. The molecule has 1 spiro atoms. The van der Waals surface area contributed by atoms with Crippen LogP contribution in [0.5, 0.6) is 0 Å². The highest BCUT2D eigenvalue weighted by Crippen LogP contribution is 2.67. The van der Waals surface area contributed by atoms with Gasteiger partial charge in [-0.25, -0.2) is 0 Å². The van der Waals surface area contributed by atoms with Crippen molar-refractivity contribution in [2.24, 2.45) is 28.6 Å². The molecule has 3 aliphatic rings. The molecule has 9 heteroatoms. The summed E-state index contributed by atoms with van der Waals surface area (Å²) in [5.41, 5.74) is -0.861. The fraction of sp³-hybridized carbons (Fsp3) is 0.690. The van der Waals surface area contributed by atoms with Gasteiger partial charge in [-0.1, -0.05) is 52.0 Å². The van der Waals surface area contributed by atoms with Gasteiger partial charge in [-0.3, -0.25) is 19.1 Å². The van der Waals surface area contributed by atoms with Crippen LogP contribution in [0.4, 0.5) is 0 Å². The van der Waals surface area contributed by atoms with Crippen molar-refractivity contribution in [3.05, 3.63) is 36.0 Å². The highest BCUT2D eigenvalue weighted by atomic mass is 16.8. The number of carbonyl (C=O) groups excluding carboxylic acids is 3. The number of esters is 3. The third-order valence-corrected chi connectivity index (χ3v) is 8.98. The monoisotopic (exact) mass is 534 g/mol. The van der Waals surface area contributed by atoms with Crippen molar-refractivity contribution in [2.75, 3.05) is 0 Å². The van der Waals surface area contributed by atoms with E-state index in [1.54, 1.807) is 19.1 Å².